The van der Waals surface area contributed by atoms with E-state index in [2.05, 4.69) is 10.6 Å². The van der Waals surface area contributed by atoms with E-state index in [9.17, 15) is 9.59 Å². The van der Waals surface area contributed by atoms with Gasteiger partial charge in [-0.15, -0.1) is 0 Å². The monoisotopic (exact) mass is 358 g/mol. The first-order valence-corrected chi connectivity index (χ1v) is 7.97. The van der Waals surface area contributed by atoms with Crippen LogP contribution in [0.5, 0.6) is 17.2 Å². The molecule has 0 bridgehead atoms. The molecular weight excluding hydrogens is 336 g/mol. The lowest BCUT2D eigenvalue weighted by atomic mass is 10.1. The molecule has 2 aromatic carbocycles. The Labute approximate surface area is 152 Å². The summed E-state index contributed by atoms with van der Waals surface area (Å²) in [5.74, 6) is 0.902. The molecule has 2 aromatic rings. The van der Waals surface area contributed by atoms with Gasteiger partial charge in [-0.25, -0.2) is 0 Å². The van der Waals surface area contributed by atoms with Gasteiger partial charge >= 0.3 is 0 Å². The summed E-state index contributed by atoms with van der Waals surface area (Å²) < 4.78 is 15.8. The largest absolute Gasteiger partial charge is 0.493 e. The second-order valence-corrected chi connectivity index (χ2v) is 5.36. The number of benzene rings is 2. The number of carbonyl (C=O) groups is 2. The van der Waals surface area contributed by atoms with Crippen molar-refractivity contribution in [3.8, 4) is 17.2 Å². The van der Waals surface area contributed by atoms with Crippen LogP contribution in [-0.2, 0) is 11.3 Å². The van der Waals surface area contributed by atoms with Gasteiger partial charge in [-0.05, 0) is 29.8 Å². The molecule has 0 aliphatic carbocycles. The summed E-state index contributed by atoms with van der Waals surface area (Å²) in [4.78, 5) is 23.9. The maximum Gasteiger partial charge on any atom is 0.251 e. The highest BCUT2D eigenvalue weighted by Gasteiger charge is 2.14. The zero-order chi connectivity index (χ0) is 18.9. The van der Waals surface area contributed by atoms with Gasteiger partial charge in [0.1, 0.15) is 0 Å². The lowest BCUT2D eigenvalue weighted by molar-refractivity contribution is -0.120. The third-order valence-corrected chi connectivity index (χ3v) is 3.66. The standard InChI is InChI=1S/C19H22N2O5/c1-24-15-9-13(10-16(25-2)18(15)26-3)11-20-17(22)12-21-19(23)14-7-5-4-6-8-14/h4-10H,11-12H2,1-3H3,(H,20,22)(H,21,23). The zero-order valence-corrected chi connectivity index (χ0v) is 15.0. The van der Waals surface area contributed by atoms with Gasteiger partial charge in [0, 0.05) is 12.1 Å². The van der Waals surface area contributed by atoms with Gasteiger partial charge < -0.3 is 24.8 Å². The minimum atomic E-state index is -0.303. The summed E-state index contributed by atoms with van der Waals surface area (Å²) in [6.45, 7) is 0.148. The second-order valence-electron chi connectivity index (χ2n) is 5.36. The van der Waals surface area contributed by atoms with Gasteiger partial charge in [0.2, 0.25) is 11.7 Å². The number of methoxy groups -OCH3 is 3. The van der Waals surface area contributed by atoms with Crippen LogP contribution in [0.25, 0.3) is 0 Å². The van der Waals surface area contributed by atoms with E-state index >= 15 is 0 Å². The van der Waals surface area contributed by atoms with E-state index in [0.717, 1.165) is 5.56 Å². The lowest BCUT2D eigenvalue weighted by Crippen LogP contribution is -2.36. The molecule has 7 heteroatoms. The zero-order valence-electron chi connectivity index (χ0n) is 15.0. The van der Waals surface area contributed by atoms with Crippen LogP contribution in [0.2, 0.25) is 0 Å². The molecule has 0 saturated heterocycles. The van der Waals surface area contributed by atoms with Crippen LogP contribution in [0.4, 0.5) is 0 Å². The molecule has 0 atom stereocenters. The quantitative estimate of drug-likeness (QED) is 0.751. The number of ether oxygens (including phenoxy) is 3. The molecule has 0 fully saturated rings. The first-order chi connectivity index (χ1) is 12.6. The Hall–Kier alpha value is -3.22. The van der Waals surface area contributed by atoms with Gasteiger partial charge in [-0.3, -0.25) is 9.59 Å². The van der Waals surface area contributed by atoms with E-state index in [1.807, 2.05) is 6.07 Å². The number of nitrogens with one attached hydrogen (secondary N) is 2. The number of rotatable bonds is 8. The van der Waals surface area contributed by atoms with Gasteiger partial charge in [-0.1, -0.05) is 18.2 Å². The Morgan fingerprint density at radius 3 is 2.04 bits per heavy atom. The fraction of sp³-hybridized carbons (Fsp3) is 0.263. The van der Waals surface area contributed by atoms with Crippen molar-refractivity contribution in [3.63, 3.8) is 0 Å². The highest BCUT2D eigenvalue weighted by atomic mass is 16.5. The van der Waals surface area contributed by atoms with E-state index in [1.54, 1.807) is 36.4 Å². The van der Waals surface area contributed by atoms with Crippen LogP contribution in [0.1, 0.15) is 15.9 Å². The van der Waals surface area contributed by atoms with Gasteiger partial charge in [0.05, 0.1) is 27.9 Å². The van der Waals surface area contributed by atoms with Crippen LogP contribution < -0.4 is 24.8 Å². The van der Waals surface area contributed by atoms with Gasteiger partial charge in [-0.2, -0.15) is 0 Å². The van der Waals surface area contributed by atoms with Crippen molar-refractivity contribution in [2.24, 2.45) is 0 Å². The minimum absolute atomic E-state index is 0.113. The maximum atomic E-state index is 12.0. The van der Waals surface area contributed by atoms with E-state index < -0.39 is 0 Å². The third-order valence-electron chi connectivity index (χ3n) is 3.66. The Balaban J connectivity index is 1.92. The molecule has 0 heterocycles. The lowest BCUT2D eigenvalue weighted by Gasteiger charge is -2.14. The van der Waals surface area contributed by atoms with Crippen molar-refractivity contribution in [2.45, 2.75) is 6.54 Å². The molecule has 26 heavy (non-hydrogen) atoms. The highest BCUT2D eigenvalue weighted by Crippen LogP contribution is 2.38. The average molecular weight is 358 g/mol. The second kappa shape index (κ2) is 9.31. The van der Waals surface area contributed by atoms with Crippen LogP contribution in [0.3, 0.4) is 0 Å². The minimum Gasteiger partial charge on any atom is -0.493 e. The number of amides is 2. The molecule has 138 valence electrons. The summed E-state index contributed by atoms with van der Waals surface area (Å²) in [6, 6.07) is 12.2. The van der Waals surface area contributed by atoms with Crippen LogP contribution >= 0.6 is 0 Å². The molecule has 7 nitrogen and oxygen atoms in total. The first-order valence-electron chi connectivity index (χ1n) is 7.97. The predicted molar refractivity (Wildman–Crippen MR) is 96.7 cm³/mol. The SMILES string of the molecule is COc1cc(CNC(=O)CNC(=O)c2ccccc2)cc(OC)c1OC. The summed E-state index contributed by atoms with van der Waals surface area (Å²) in [6.07, 6.45) is 0. The summed E-state index contributed by atoms with van der Waals surface area (Å²) >= 11 is 0. The number of carbonyl (C=O) groups excluding carboxylic acids is 2. The molecule has 0 radical (unpaired) electrons. The Morgan fingerprint density at radius 2 is 1.50 bits per heavy atom. The average Bonchev–Trinajstić information content (AvgIpc) is 2.69. The molecule has 0 aliphatic rings. The molecule has 0 saturated carbocycles. The third kappa shape index (κ3) is 4.89. The molecule has 0 aromatic heterocycles. The maximum absolute atomic E-state index is 12.0. The smallest absolute Gasteiger partial charge is 0.251 e. The molecule has 0 unspecified atom stereocenters. The molecular formula is C19H22N2O5. The molecule has 2 rings (SSSR count). The fourth-order valence-electron chi connectivity index (χ4n) is 2.35. The van der Waals surface area contributed by atoms with Gasteiger partial charge in [0.15, 0.2) is 11.5 Å². The first kappa shape index (κ1) is 19.1. The molecule has 2 amide bonds. The summed E-state index contributed by atoms with van der Waals surface area (Å²) in [5.41, 5.74) is 1.28. The Morgan fingerprint density at radius 1 is 0.885 bits per heavy atom. The van der Waals surface area contributed by atoms with Crippen molar-refractivity contribution in [2.75, 3.05) is 27.9 Å². The van der Waals surface area contributed by atoms with Crippen LogP contribution in [0.15, 0.2) is 42.5 Å². The van der Waals surface area contributed by atoms with E-state index in [0.29, 0.717) is 22.8 Å². The van der Waals surface area contributed by atoms with Crippen LogP contribution in [-0.4, -0.2) is 39.7 Å². The van der Waals surface area contributed by atoms with Gasteiger partial charge in [0.25, 0.3) is 5.91 Å². The summed E-state index contributed by atoms with van der Waals surface area (Å²) in [7, 11) is 4.58. The van der Waals surface area contributed by atoms with Crippen molar-refractivity contribution >= 4 is 11.8 Å². The van der Waals surface area contributed by atoms with Crippen LogP contribution in [0, 0.1) is 0 Å². The van der Waals surface area contributed by atoms with Crippen molar-refractivity contribution in [1.82, 2.24) is 10.6 Å². The van der Waals surface area contributed by atoms with Crippen molar-refractivity contribution in [3.05, 3.63) is 53.6 Å². The van der Waals surface area contributed by atoms with E-state index in [1.165, 1.54) is 21.3 Å². The molecule has 2 N–H and O–H groups in total. The molecule has 0 aliphatic heterocycles. The topological polar surface area (TPSA) is 85.9 Å². The van der Waals surface area contributed by atoms with Crippen molar-refractivity contribution in [1.29, 1.82) is 0 Å². The van der Waals surface area contributed by atoms with E-state index in [-0.39, 0.29) is 24.9 Å². The Kier molecular flexibility index (Phi) is 6.84. The summed E-state index contributed by atoms with van der Waals surface area (Å²) in [5, 5.41) is 5.32. The molecule has 0 spiro atoms. The van der Waals surface area contributed by atoms with E-state index in [4.69, 9.17) is 14.2 Å². The number of hydrogen-bond donors (Lipinski definition) is 2. The van der Waals surface area contributed by atoms with Crippen molar-refractivity contribution < 1.29 is 23.8 Å². The normalized spacial score (nSPS) is 9.96. The Bertz CT molecular complexity index is 737. The number of hydrogen-bond acceptors (Lipinski definition) is 5. The highest BCUT2D eigenvalue weighted by molar-refractivity contribution is 5.96. The predicted octanol–water partition coefficient (Wildman–Crippen LogP) is 1.76. The fourth-order valence-corrected chi connectivity index (χ4v) is 2.35.